The first-order valence-corrected chi connectivity index (χ1v) is 9.07. The molecular weight excluding hydrogens is 318 g/mol. The summed E-state index contributed by atoms with van der Waals surface area (Å²) in [6, 6.07) is 8.51. The number of hydrogen-bond acceptors (Lipinski definition) is 5. The maximum Gasteiger partial charge on any atom is 0.159 e. The lowest BCUT2D eigenvalue weighted by molar-refractivity contribution is -0.0949. The molecule has 2 aliphatic heterocycles. The van der Waals surface area contributed by atoms with E-state index in [1.807, 2.05) is 4.68 Å². The molecule has 4 rings (SSSR count). The zero-order chi connectivity index (χ0) is 17.1. The van der Waals surface area contributed by atoms with Gasteiger partial charge in [-0.3, -0.25) is 0 Å². The monoisotopic (exact) mass is 343 g/mol. The van der Waals surface area contributed by atoms with Crippen molar-refractivity contribution < 1.29 is 14.2 Å². The fourth-order valence-corrected chi connectivity index (χ4v) is 3.48. The predicted octanol–water partition coefficient (Wildman–Crippen LogP) is 2.62. The number of aromatic nitrogens is 3. The zero-order valence-corrected chi connectivity index (χ0v) is 14.7. The van der Waals surface area contributed by atoms with E-state index >= 15 is 0 Å². The van der Waals surface area contributed by atoms with Gasteiger partial charge in [-0.2, -0.15) is 5.10 Å². The Balaban J connectivity index is 1.63. The molecule has 134 valence electrons. The predicted molar refractivity (Wildman–Crippen MR) is 92.6 cm³/mol. The lowest BCUT2D eigenvalue weighted by atomic mass is 10.00. The van der Waals surface area contributed by atoms with Gasteiger partial charge in [-0.1, -0.05) is 29.8 Å². The Bertz CT molecular complexity index is 704. The largest absolute Gasteiger partial charge is 0.381 e. The van der Waals surface area contributed by atoms with Crippen molar-refractivity contribution in [2.45, 2.75) is 38.3 Å². The van der Waals surface area contributed by atoms with Gasteiger partial charge in [0.05, 0.1) is 26.4 Å². The van der Waals surface area contributed by atoms with Crippen LogP contribution < -0.4 is 0 Å². The number of nitrogens with zero attached hydrogens (tertiary/aromatic N) is 3. The van der Waals surface area contributed by atoms with E-state index in [0.29, 0.717) is 32.3 Å². The molecule has 1 aromatic carbocycles. The summed E-state index contributed by atoms with van der Waals surface area (Å²) in [6.07, 6.45) is 1.82. The number of benzene rings is 1. The third kappa shape index (κ3) is 3.92. The fourth-order valence-electron chi connectivity index (χ4n) is 3.48. The summed E-state index contributed by atoms with van der Waals surface area (Å²) in [7, 11) is 0. The van der Waals surface area contributed by atoms with E-state index in [-0.39, 0.29) is 6.10 Å². The summed E-state index contributed by atoms with van der Waals surface area (Å²) in [4.78, 5) is 4.87. The summed E-state index contributed by atoms with van der Waals surface area (Å²) < 4.78 is 19.0. The van der Waals surface area contributed by atoms with Crippen molar-refractivity contribution in [1.29, 1.82) is 0 Å². The minimum atomic E-state index is -0.139. The number of ether oxygens (including phenoxy) is 3. The van der Waals surface area contributed by atoms with Crippen molar-refractivity contribution in [2.75, 3.05) is 33.0 Å². The van der Waals surface area contributed by atoms with Gasteiger partial charge in [0.25, 0.3) is 0 Å². The van der Waals surface area contributed by atoms with Crippen molar-refractivity contribution in [3.05, 3.63) is 47.0 Å². The molecule has 25 heavy (non-hydrogen) atoms. The van der Waals surface area contributed by atoms with Crippen molar-refractivity contribution >= 4 is 0 Å². The van der Waals surface area contributed by atoms with E-state index in [2.05, 4.69) is 31.2 Å². The number of hydrogen-bond donors (Lipinski definition) is 0. The van der Waals surface area contributed by atoms with Crippen LogP contribution in [0.15, 0.2) is 24.3 Å². The van der Waals surface area contributed by atoms with Crippen LogP contribution >= 0.6 is 0 Å². The van der Waals surface area contributed by atoms with Crippen LogP contribution in [0.1, 0.15) is 47.6 Å². The van der Waals surface area contributed by atoms with Gasteiger partial charge in [-0.25, -0.2) is 9.67 Å². The van der Waals surface area contributed by atoms with E-state index in [1.54, 1.807) is 0 Å². The molecule has 6 nitrogen and oxygen atoms in total. The summed E-state index contributed by atoms with van der Waals surface area (Å²) >= 11 is 0. The van der Waals surface area contributed by atoms with E-state index in [9.17, 15) is 0 Å². The van der Waals surface area contributed by atoms with E-state index in [4.69, 9.17) is 24.3 Å². The van der Waals surface area contributed by atoms with E-state index < -0.39 is 0 Å². The lowest BCUT2D eigenvalue weighted by Gasteiger charge is -2.22. The molecule has 0 N–H and O–H groups in total. The molecule has 0 unspecified atom stereocenters. The second kappa shape index (κ2) is 7.64. The van der Waals surface area contributed by atoms with Crippen molar-refractivity contribution in [2.24, 2.45) is 0 Å². The first-order valence-electron chi connectivity index (χ1n) is 9.07. The molecule has 3 heterocycles. The molecule has 2 fully saturated rings. The summed E-state index contributed by atoms with van der Waals surface area (Å²) in [5, 5.41) is 4.85. The number of rotatable bonds is 4. The average molecular weight is 343 g/mol. The standard InChI is InChI=1S/C19H25N3O3/c1-14-3-2-4-15(11-14)12-22-19(17-13-24-9-10-25-17)20-18(21-22)16-5-7-23-8-6-16/h2-4,11,16-17H,5-10,12-13H2,1H3/t17-/m0/s1. The molecule has 0 saturated carbocycles. The van der Waals surface area contributed by atoms with Crippen molar-refractivity contribution in [1.82, 2.24) is 14.8 Å². The van der Waals surface area contributed by atoms with Gasteiger partial charge in [0.2, 0.25) is 0 Å². The molecule has 2 aliphatic rings. The van der Waals surface area contributed by atoms with Gasteiger partial charge in [0.15, 0.2) is 11.6 Å². The summed E-state index contributed by atoms with van der Waals surface area (Å²) in [5.41, 5.74) is 2.47. The molecule has 2 aromatic rings. The highest BCUT2D eigenvalue weighted by Gasteiger charge is 2.27. The van der Waals surface area contributed by atoms with Gasteiger partial charge >= 0.3 is 0 Å². The smallest absolute Gasteiger partial charge is 0.159 e. The maximum absolute atomic E-state index is 5.89. The van der Waals surface area contributed by atoms with Crippen LogP contribution in [0.25, 0.3) is 0 Å². The van der Waals surface area contributed by atoms with Gasteiger partial charge in [-0.05, 0) is 25.3 Å². The maximum atomic E-state index is 5.89. The molecular formula is C19H25N3O3. The third-order valence-electron chi connectivity index (χ3n) is 4.82. The highest BCUT2D eigenvalue weighted by molar-refractivity contribution is 5.22. The zero-order valence-electron chi connectivity index (χ0n) is 14.7. The minimum Gasteiger partial charge on any atom is -0.381 e. The van der Waals surface area contributed by atoms with Crippen molar-refractivity contribution in [3.63, 3.8) is 0 Å². The van der Waals surface area contributed by atoms with Crippen LogP contribution in [0.2, 0.25) is 0 Å². The molecule has 0 bridgehead atoms. The molecule has 0 spiro atoms. The van der Waals surface area contributed by atoms with Crippen LogP contribution in [0.5, 0.6) is 0 Å². The fraction of sp³-hybridized carbons (Fsp3) is 0.579. The molecule has 1 aromatic heterocycles. The van der Waals surface area contributed by atoms with Crippen LogP contribution in [0.3, 0.4) is 0 Å². The quantitative estimate of drug-likeness (QED) is 0.854. The summed E-state index contributed by atoms with van der Waals surface area (Å²) in [5.74, 6) is 2.17. The van der Waals surface area contributed by atoms with Gasteiger partial charge in [0.1, 0.15) is 6.10 Å². The van der Waals surface area contributed by atoms with Crippen LogP contribution in [0.4, 0.5) is 0 Å². The Morgan fingerprint density at radius 2 is 2.00 bits per heavy atom. The topological polar surface area (TPSA) is 58.4 Å². The molecule has 6 heteroatoms. The molecule has 1 atom stereocenters. The first kappa shape index (κ1) is 16.7. The molecule has 0 amide bonds. The second-order valence-electron chi connectivity index (χ2n) is 6.80. The Hall–Kier alpha value is -1.76. The molecule has 0 aliphatic carbocycles. The highest BCUT2D eigenvalue weighted by Crippen LogP contribution is 2.27. The highest BCUT2D eigenvalue weighted by atomic mass is 16.6. The normalized spacial score (nSPS) is 22.2. The SMILES string of the molecule is Cc1cccc(Cn2nc(C3CCOCC3)nc2[C@@H]2COCCO2)c1. The van der Waals surface area contributed by atoms with Gasteiger partial charge < -0.3 is 14.2 Å². The Kier molecular flexibility index (Phi) is 5.10. The van der Waals surface area contributed by atoms with E-state index in [1.165, 1.54) is 11.1 Å². The Morgan fingerprint density at radius 1 is 1.12 bits per heavy atom. The third-order valence-corrected chi connectivity index (χ3v) is 4.82. The Labute approximate surface area is 148 Å². The lowest BCUT2D eigenvalue weighted by Crippen LogP contribution is -2.25. The first-order chi connectivity index (χ1) is 12.3. The number of aryl methyl sites for hydroxylation is 1. The molecule has 2 saturated heterocycles. The van der Waals surface area contributed by atoms with Gasteiger partial charge in [0, 0.05) is 19.1 Å². The van der Waals surface area contributed by atoms with Gasteiger partial charge in [-0.15, -0.1) is 0 Å². The summed E-state index contributed by atoms with van der Waals surface area (Å²) in [6.45, 7) is 6.18. The molecule has 0 radical (unpaired) electrons. The Morgan fingerprint density at radius 3 is 2.76 bits per heavy atom. The van der Waals surface area contributed by atoms with Crippen LogP contribution in [0, 0.1) is 6.92 Å². The van der Waals surface area contributed by atoms with Crippen LogP contribution in [-0.4, -0.2) is 47.8 Å². The van der Waals surface area contributed by atoms with E-state index in [0.717, 1.165) is 37.7 Å². The van der Waals surface area contributed by atoms with Crippen molar-refractivity contribution in [3.8, 4) is 0 Å². The van der Waals surface area contributed by atoms with Crippen LogP contribution in [-0.2, 0) is 20.8 Å². The average Bonchev–Trinajstić information content (AvgIpc) is 3.07. The minimum absolute atomic E-state index is 0.139. The second-order valence-corrected chi connectivity index (χ2v) is 6.80.